The molecule has 1 fully saturated rings. The van der Waals surface area contributed by atoms with E-state index in [0.717, 1.165) is 77.0 Å². The van der Waals surface area contributed by atoms with E-state index in [0.29, 0.717) is 88.3 Å². The third-order valence-corrected chi connectivity index (χ3v) is 20.7. The molecule has 1 aliphatic heterocycles. The van der Waals surface area contributed by atoms with Crippen molar-refractivity contribution in [1.82, 2.24) is 93.2 Å². The molecule has 0 saturated carbocycles. The summed E-state index contributed by atoms with van der Waals surface area (Å²) in [5.41, 5.74) is 8.97. The van der Waals surface area contributed by atoms with Gasteiger partial charge in [-0.25, -0.2) is 49.5 Å². The van der Waals surface area contributed by atoms with Crippen LogP contribution in [-0.2, 0) is 4.74 Å². The summed E-state index contributed by atoms with van der Waals surface area (Å²) in [4.78, 5) is 108. The minimum Gasteiger partial charge on any atom is -0.476 e. The Morgan fingerprint density at radius 1 is 0.367 bits per heavy atom. The maximum absolute atomic E-state index is 13.2. The number of nitrogens with one attached hydrogen (secondary N) is 5. The highest BCUT2D eigenvalue weighted by molar-refractivity contribution is 5.94. The molecule has 646 valence electrons. The van der Waals surface area contributed by atoms with E-state index in [1.54, 1.807) is 77.6 Å². The minimum atomic E-state index is -1.09. The van der Waals surface area contributed by atoms with Crippen LogP contribution in [0.25, 0.3) is 68.8 Å². The highest BCUT2D eigenvalue weighted by Crippen LogP contribution is 2.31. The smallest absolute Gasteiger partial charge is 0.358 e. The normalized spacial score (nSPS) is 12.5. The number of hydrogen-bond acceptors (Lipinski definition) is 22. The highest BCUT2D eigenvalue weighted by Gasteiger charge is 2.27. The number of carbonyl (C=O) groups excluding carboxylic acids is 3. The van der Waals surface area contributed by atoms with E-state index < -0.39 is 11.9 Å². The van der Waals surface area contributed by atoms with Crippen molar-refractivity contribution in [2.45, 2.75) is 78.0 Å². The SMILES string of the molecule is CCOC(=O)c1cn(-c2ccnc(N[C@@H](C)c3ccccc3)n2)c(-c2ccccc2)n1.C[C@H](Nc1nccc(-n2cc(C(=O)N3CCCCC3)nc2-c2ccccc2)n1)c1ccccc1.C[C@H](Nc1nccc(-n2cc(C(=O)NCCN(C)C)nc2-c2ccccc2)n1)c1ccccc1.C[C@H](Nc1nccc(-n2cc(C(=O)O)nc2-c2ccccc2)n1)c1ccccc1. The van der Waals surface area contributed by atoms with Gasteiger partial charge in [0.15, 0.2) is 11.4 Å². The van der Waals surface area contributed by atoms with Crippen molar-refractivity contribution in [2.75, 3.05) is 68.1 Å². The summed E-state index contributed by atoms with van der Waals surface area (Å²) >= 11 is 0. The Morgan fingerprint density at radius 2 is 0.648 bits per heavy atom. The molecule has 0 aliphatic carbocycles. The first-order valence-electron chi connectivity index (χ1n) is 42.3. The van der Waals surface area contributed by atoms with Gasteiger partial charge in [-0.3, -0.25) is 27.9 Å². The van der Waals surface area contributed by atoms with Crippen molar-refractivity contribution in [1.29, 1.82) is 0 Å². The van der Waals surface area contributed by atoms with Gasteiger partial charge in [-0.1, -0.05) is 243 Å². The number of piperidine rings is 1. The predicted octanol–water partition coefficient (Wildman–Crippen LogP) is 17.8. The van der Waals surface area contributed by atoms with Crippen molar-refractivity contribution in [3.8, 4) is 68.8 Å². The molecule has 0 radical (unpaired) electrons. The van der Waals surface area contributed by atoms with Crippen LogP contribution < -0.4 is 26.6 Å². The quantitative estimate of drug-likeness (QED) is 0.0248. The van der Waals surface area contributed by atoms with E-state index in [4.69, 9.17) is 19.7 Å². The van der Waals surface area contributed by atoms with Gasteiger partial charge in [0.05, 0.1) is 30.8 Å². The summed E-state index contributed by atoms with van der Waals surface area (Å²) < 4.78 is 12.3. The van der Waals surface area contributed by atoms with Crippen LogP contribution in [0, 0.1) is 0 Å². The maximum atomic E-state index is 13.2. The van der Waals surface area contributed by atoms with Gasteiger partial charge in [-0.15, -0.1) is 0 Å². The summed E-state index contributed by atoms with van der Waals surface area (Å²) in [5.74, 6) is 4.97. The number of hydrogen-bond donors (Lipinski definition) is 6. The average Bonchev–Trinajstić information content (AvgIpc) is 1.75. The molecule has 0 unspecified atom stereocenters. The molecular weight excluding hydrogens is 1610 g/mol. The number of imidazole rings is 4. The van der Waals surface area contributed by atoms with Crippen LogP contribution >= 0.6 is 0 Å². The fourth-order valence-electron chi connectivity index (χ4n) is 14.0. The van der Waals surface area contributed by atoms with E-state index >= 15 is 0 Å². The lowest BCUT2D eigenvalue weighted by Crippen LogP contribution is -2.35. The lowest BCUT2D eigenvalue weighted by atomic mass is 10.1. The molecule has 4 atom stereocenters. The van der Waals surface area contributed by atoms with Crippen LogP contribution in [0.1, 0.15) is 142 Å². The fraction of sp³-hybridized carbons (Fsp3) is 0.192. The van der Waals surface area contributed by atoms with Gasteiger partial charge in [0, 0.05) is 98.0 Å². The third-order valence-electron chi connectivity index (χ3n) is 20.7. The first-order chi connectivity index (χ1) is 62.5. The molecule has 1 aliphatic rings. The van der Waals surface area contributed by atoms with Crippen LogP contribution in [0.5, 0.6) is 0 Å². The van der Waals surface area contributed by atoms with Gasteiger partial charge in [-0.2, -0.15) is 19.9 Å². The van der Waals surface area contributed by atoms with Crippen LogP contribution in [0.15, 0.2) is 316 Å². The Kier molecular flexibility index (Phi) is 29.9. The van der Waals surface area contributed by atoms with Crippen LogP contribution in [0.4, 0.5) is 23.8 Å². The van der Waals surface area contributed by atoms with E-state index in [1.807, 2.05) is 252 Å². The number of aromatic carboxylic acids is 1. The van der Waals surface area contributed by atoms with E-state index in [-0.39, 0.29) is 54.0 Å². The summed E-state index contributed by atoms with van der Waals surface area (Å²) in [6.07, 6.45) is 16.6. The molecule has 6 N–H and O–H groups in total. The standard InChI is InChI=1S/C27H28N6O.C26H29N7O.C24H23N5O2.C22H19N5O2/c1-20(21-11-5-2-6-12-21)29-27-28-16-15-24(31-27)33-19-23(26(34)32-17-9-4-10-18-32)30-25(33)22-13-7-3-8-14-22;1-19(20-10-6-4-7-11-20)29-26-28-15-14-23(31-26)33-18-22(25(34)27-16-17-32(2)3)30-24(33)21-12-8-5-9-13-21;1-3-31-23(30)20-16-29(22(27-20)19-12-8-5-9-13-19)21-14-15-25-24(28-21)26-17(2)18-10-6-4-7-11-18;1-15(16-8-4-2-5-9-16)24-22-23-13-12-19(26-22)27-14-18(21(28)29)25-20(27)17-10-6-3-7-11-17/h2-3,5-8,11-16,19-20H,4,9-10,17-18H2,1H3,(H,28,29,31);4-15,18-19H,16-17H2,1-3H3,(H,27,34)(H,28,29,31);4-17H,3H2,1-2H3,(H,25,26,28);2-15H,1H3,(H,28,29)(H,23,24,26)/t20-;19-;17-;15-/m0000/s1. The van der Waals surface area contributed by atoms with Gasteiger partial charge in [0.1, 0.15) is 58.0 Å². The third kappa shape index (κ3) is 23.2. The Balaban J connectivity index is 0.000000138. The molecule has 2 amide bonds. The molecule has 8 aromatic carbocycles. The van der Waals surface area contributed by atoms with E-state index in [1.165, 1.54) is 12.6 Å². The highest BCUT2D eigenvalue weighted by atomic mass is 16.5. The molecule has 1 saturated heterocycles. The van der Waals surface area contributed by atoms with Crippen LogP contribution in [0.3, 0.4) is 0 Å². The van der Waals surface area contributed by atoms with E-state index in [9.17, 15) is 24.3 Å². The van der Waals surface area contributed by atoms with Crippen LogP contribution in [0.2, 0.25) is 0 Å². The van der Waals surface area contributed by atoms with Crippen molar-refractivity contribution < 1.29 is 29.0 Å². The summed E-state index contributed by atoms with van der Waals surface area (Å²) in [6, 6.07) is 86.4. The largest absolute Gasteiger partial charge is 0.476 e. The lowest BCUT2D eigenvalue weighted by molar-refractivity contribution is 0.0519. The lowest BCUT2D eigenvalue weighted by Gasteiger charge is -2.25. The zero-order chi connectivity index (χ0) is 89.1. The molecule has 16 aromatic rings. The number of benzene rings is 8. The van der Waals surface area contributed by atoms with Gasteiger partial charge in [0.25, 0.3) is 11.8 Å². The monoisotopic (exact) mass is 1710 g/mol. The number of carboxylic acids is 1. The molecule has 0 spiro atoms. The molecular formula is C99H99N23O6. The maximum Gasteiger partial charge on any atom is 0.358 e. The Hall–Kier alpha value is -16.0. The Labute approximate surface area is 742 Å². The number of likely N-dealkylation sites (N-methyl/N-ethyl adjacent to an activating group) is 1. The molecule has 9 heterocycles. The topological polar surface area (TPSA) is 339 Å². The summed E-state index contributed by atoms with van der Waals surface area (Å²) in [6.45, 7) is 13.1. The van der Waals surface area contributed by atoms with Crippen molar-refractivity contribution >= 4 is 47.5 Å². The van der Waals surface area contributed by atoms with Crippen molar-refractivity contribution in [2.24, 2.45) is 0 Å². The predicted molar refractivity (Wildman–Crippen MR) is 496 cm³/mol. The van der Waals surface area contributed by atoms with Gasteiger partial charge >= 0.3 is 11.9 Å². The second-order valence-electron chi connectivity index (χ2n) is 30.2. The number of ether oxygens (including phenoxy) is 1. The molecule has 29 heteroatoms. The second kappa shape index (κ2) is 43.3. The summed E-state index contributed by atoms with van der Waals surface area (Å²) in [5, 5.41) is 25.7. The number of carboxylic acid groups (broad SMARTS) is 1. The Bertz CT molecular complexity index is 6280. The number of anilines is 4. The fourth-order valence-corrected chi connectivity index (χ4v) is 14.0. The van der Waals surface area contributed by atoms with Gasteiger partial charge in [0.2, 0.25) is 23.8 Å². The number of aromatic nitrogens is 16. The van der Waals surface area contributed by atoms with E-state index in [2.05, 4.69) is 129 Å². The minimum absolute atomic E-state index is 0.0115. The zero-order valence-electron chi connectivity index (χ0n) is 72.0. The molecule has 128 heavy (non-hydrogen) atoms. The van der Waals surface area contributed by atoms with Crippen molar-refractivity contribution in [3.05, 3.63) is 362 Å². The van der Waals surface area contributed by atoms with Gasteiger partial charge < -0.3 is 46.2 Å². The number of nitrogens with zero attached hydrogens (tertiary/aromatic N) is 18. The first kappa shape index (κ1) is 88.3. The number of carbonyl (C=O) groups is 4. The summed E-state index contributed by atoms with van der Waals surface area (Å²) in [7, 11) is 3.93. The number of amides is 2. The number of likely N-dealkylation sites (tertiary alicyclic amines) is 1. The van der Waals surface area contributed by atoms with Crippen molar-refractivity contribution in [3.63, 3.8) is 0 Å². The van der Waals surface area contributed by atoms with Crippen LogP contribution in [-0.4, -0.2) is 164 Å². The second-order valence-corrected chi connectivity index (χ2v) is 30.2. The molecule has 0 bridgehead atoms. The molecule has 17 rings (SSSR count). The van der Waals surface area contributed by atoms with Gasteiger partial charge in [-0.05, 0) is 114 Å². The first-order valence-corrected chi connectivity index (χ1v) is 42.3. The number of esters is 1. The Morgan fingerprint density at radius 3 is 0.961 bits per heavy atom. The number of rotatable bonds is 28. The molecule has 8 aromatic heterocycles. The zero-order valence-corrected chi connectivity index (χ0v) is 72.0. The molecule has 29 nitrogen and oxygen atoms in total. The average molecular weight is 1710 g/mol.